The zero-order valence-electron chi connectivity index (χ0n) is 20.2. The Hall–Kier alpha value is -4.15. The van der Waals surface area contributed by atoms with E-state index in [4.69, 9.17) is 4.74 Å². The molecule has 1 amide bonds. The van der Waals surface area contributed by atoms with Crippen LogP contribution in [-0.2, 0) is 13.5 Å². The summed E-state index contributed by atoms with van der Waals surface area (Å²) in [6, 6.07) is 8.78. The van der Waals surface area contributed by atoms with E-state index in [1.54, 1.807) is 29.8 Å². The number of aryl methyl sites for hydroxylation is 1. The van der Waals surface area contributed by atoms with Gasteiger partial charge < -0.3 is 9.64 Å². The molecule has 1 fully saturated rings. The standard InChI is InChI=1S/C26H23F3N6O2/c1-33-24(14-10-17(27)22(29)18(28)11-14)16-12-15-6-5-8-20(23(16)31-33)35(15)26(36)25-30-13-34(32-25)19-7-3-4-9-21(19)37-2/h3-4,7,9-11,13,15,20H,5-6,8,12H2,1-2H3/t15-,20+/m1/s1. The average Bonchev–Trinajstić information content (AvgIpc) is 3.51. The fourth-order valence-electron chi connectivity index (χ4n) is 5.61. The van der Waals surface area contributed by atoms with Crippen LogP contribution in [0.15, 0.2) is 42.7 Å². The van der Waals surface area contributed by atoms with Crippen LogP contribution in [0.3, 0.4) is 0 Å². The first-order chi connectivity index (χ1) is 17.9. The molecule has 6 rings (SSSR count). The number of piperidine rings is 1. The Kier molecular flexibility index (Phi) is 5.50. The second-order valence-electron chi connectivity index (χ2n) is 9.29. The van der Waals surface area contributed by atoms with E-state index in [0.717, 1.165) is 30.5 Å². The number of methoxy groups -OCH3 is 1. The third kappa shape index (κ3) is 3.68. The van der Waals surface area contributed by atoms with Crippen molar-refractivity contribution in [1.82, 2.24) is 29.4 Å². The number of rotatable bonds is 4. The van der Waals surface area contributed by atoms with E-state index in [2.05, 4.69) is 15.2 Å². The lowest BCUT2D eigenvalue weighted by atomic mass is 9.81. The summed E-state index contributed by atoms with van der Waals surface area (Å²) >= 11 is 0. The van der Waals surface area contributed by atoms with Crippen LogP contribution in [0, 0.1) is 17.5 Å². The quantitative estimate of drug-likeness (QED) is 0.382. The van der Waals surface area contributed by atoms with Crippen LogP contribution >= 0.6 is 0 Å². The highest BCUT2D eigenvalue weighted by Gasteiger charge is 2.44. The van der Waals surface area contributed by atoms with Gasteiger partial charge in [-0.3, -0.25) is 9.48 Å². The van der Waals surface area contributed by atoms with Gasteiger partial charge in [0.2, 0.25) is 5.82 Å². The van der Waals surface area contributed by atoms with Gasteiger partial charge in [-0.05, 0) is 49.9 Å². The fourth-order valence-corrected chi connectivity index (χ4v) is 5.61. The number of hydrogen-bond acceptors (Lipinski definition) is 5. The number of para-hydroxylation sites is 2. The van der Waals surface area contributed by atoms with Gasteiger partial charge in [-0.25, -0.2) is 22.8 Å². The Bertz CT molecular complexity index is 1510. The minimum Gasteiger partial charge on any atom is -0.494 e. The number of aromatic nitrogens is 5. The van der Waals surface area contributed by atoms with Crippen molar-refractivity contribution in [2.45, 2.75) is 37.8 Å². The average molecular weight is 509 g/mol. The molecule has 2 aliphatic heterocycles. The molecule has 0 N–H and O–H groups in total. The first-order valence-electron chi connectivity index (χ1n) is 12.0. The van der Waals surface area contributed by atoms with E-state index in [1.807, 2.05) is 18.2 Å². The molecule has 0 unspecified atom stereocenters. The van der Waals surface area contributed by atoms with Gasteiger partial charge in [0, 0.05) is 24.2 Å². The van der Waals surface area contributed by atoms with E-state index in [9.17, 15) is 18.0 Å². The van der Waals surface area contributed by atoms with E-state index in [0.29, 0.717) is 35.7 Å². The largest absolute Gasteiger partial charge is 0.494 e. The Labute approximate surface area is 210 Å². The van der Waals surface area contributed by atoms with Crippen molar-refractivity contribution in [3.05, 3.63) is 77.3 Å². The minimum atomic E-state index is -1.51. The molecule has 0 radical (unpaired) electrons. The van der Waals surface area contributed by atoms with Crippen LogP contribution in [0.1, 0.15) is 47.2 Å². The van der Waals surface area contributed by atoms with Gasteiger partial charge in [-0.15, -0.1) is 5.10 Å². The maximum atomic E-state index is 14.0. The van der Waals surface area contributed by atoms with Crippen LogP contribution in [-0.4, -0.2) is 48.5 Å². The Morgan fingerprint density at radius 3 is 2.59 bits per heavy atom. The van der Waals surface area contributed by atoms with Crippen molar-refractivity contribution in [3.63, 3.8) is 0 Å². The third-order valence-electron chi connectivity index (χ3n) is 7.18. The molecule has 0 saturated carbocycles. The van der Waals surface area contributed by atoms with Crippen molar-refractivity contribution in [1.29, 1.82) is 0 Å². The van der Waals surface area contributed by atoms with Gasteiger partial charge in [0.15, 0.2) is 17.5 Å². The number of halogens is 3. The van der Waals surface area contributed by atoms with E-state index in [1.165, 1.54) is 11.0 Å². The molecule has 0 spiro atoms. The summed E-state index contributed by atoms with van der Waals surface area (Å²) in [5.74, 6) is -3.66. The molecular formula is C26H23F3N6O2. The SMILES string of the molecule is COc1ccccc1-n1cnc(C(=O)N2[C@@H]3CCC[C@H]2c2nn(C)c(-c4cc(F)c(F)c(F)c4)c2C3)n1. The van der Waals surface area contributed by atoms with Gasteiger partial charge in [0.25, 0.3) is 5.91 Å². The number of fused-ring (bicyclic) bond motifs is 4. The first kappa shape index (κ1) is 23.3. The molecule has 4 heterocycles. The van der Waals surface area contributed by atoms with Gasteiger partial charge in [0.05, 0.1) is 24.5 Å². The molecule has 37 heavy (non-hydrogen) atoms. The lowest BCUT2D eigenvalue weighted by Crippen LogP contribution is -2.50. The molecular weight excluding hydrogens is 485 g/mol. The van der Waals surface area contributed by atoms with E-state index >= 15 is 0 Å². The topological polar surface area (TPSA) is 78.1 Å². The van der Waals surface area contributed by atoms with E-state index in [-0.39, 0.29) is 29.4 Å². The molecule has 2 aliphatic rings. The fraction of sp³-hybridized carbons (Fsp3) is 0.308. The highest BCUT2D eigenvalue weighted by atomic mass is 19.2. The molecule has 1 saturated heterocycles. The zero-order chi connectivity index (χ0) is 25.8. The molecule has 0 aliphatic carbocycles. The van der Waals surface area contributed by atoms with Crippen LogP contribution in [0.4, 0.5) is 13.2 Å². The molecule has 4 aromatic rings. The Morgan fingerprint density at radius 1 is 1.08 bits per heavy atom. The maximum Gasteiger partial charge on any atom is 0.294 e. The number of amides is 1. The molecule has 2 aromatic carbocycles. The number of hydrogen-bond donors (Lipinski definition) is 0. The number of nitrogens with zero attached hydrogens (tertiary/aromatic N) is 6. The molecule has 2 bridgehead atoms. The second-order valence-corrected chi connectivity index (χ2v) is 9.29. The second kappa shape index (κ2) is 8.75. The number of carbonyl (C=O) groups excluding carboxylic acids is 1. The zero-order valence-corrected chi connectivity index (χ0v) is 20.2. The van der Waals surface area contributed by atoms with Crippen molar-refractivity contribution in [2.75, 3.05) is 7.11 Å². The predicted octanol–water partition coefficient (Wildman–Crippen LogP) is 4.39. The van der Waals surface area contributed by atoms with Crippen molar-refractivity contribution in [2.24, 2.45) is 7.05 Å². The van der Waals surface area contributed by atoms with Crippen LogP contribution < -0.4 is 4.74 Å². The lowest BCUT2D eigenvalue weighted by molar-refractivity contribution is 0.0379. The van der Waals surface area contributed by atoms with Crippen LogP contribution in [0.2, 0.25) is 0 Å². The predicted molar refractivity (Wildman–Crippen MR) is 127 cm³/mol. The molecule has 11 heteroatoms. The Balaban J connectivity index is 1.37. The molecule has 8 nitrogen and oxygen atoms in total. The molecule has 190 valence electrons. The number of ether oxygens (including phenoxy) is 1. The minimum absolute atomic E-state index is 0.0603. The molecule has 2 atom stereocenters. The summed E-state index contributed by atoms with van der Waals surface area (Å²) in [6.07, 6.45) is 4.29. The Morgan fingerprint density at radius 2 is 1.84 bits per heavy atom. The van der Waals surface area contributed by atoms with Crippen LogP contribution in [0.5, 0.6) is 5.75 Å². The van der Waals surface area contributed by atoms with Gasteiger partial charge in [0.1, 0.15) is 17.8 Å². The van der Waals surface area contributed by atoms with E-state index < -0.39 is 17.5 Å². The van der Waals surface area contributed by atoms with Gasteiger partial charge in [-0.2, -0.15) is 5.10 Å². The summed E-state index contributed by atoms with van der Waals surface area (Å²) in [6.45, 7) is 0. The molecule has 2 aromatic heterocycles. The van der Waals surface area contributed by atoms with Crippen LogP contribution in [0.25, 0.3) is 16.9 Å². The summed E-state index contributed by atoms with van der Waals surface area (Å²) < 4.78 is 50.1. The summed E-state index contributed by atoms with van der Waals surface area (Å²) in [5.41, 5.74) is 2.89. The highest BCUT2D eigenvalue weighted by Crippen LogP contribution is 2.45. The first-order valence-corrected chi connectivity index (χ1v) is 12.0. The van der Waals surface area contributed by atoms with Crippen molar-refractivity contribution in [3.8, 4) is 22.7 Å². The number of benzene rings is 2. The summed E-state index contributed by atoms with van der Waals surface area (Å²) in [5, 5.41) is 9.09. The summed E-state index contributed by atoms with van der Waals surface area (Å²) in [4.78, 5) is 19.8. The lowest BCUT2D eigenvalue weighted by Gasteiger charge is -2.44. The third-order valence-corrected chi connectivity index (χ3v) is 7.18. The van der Waals surface area contributed by atoms with Crippen molar-refractivity contribution < 1.29 is 22.7 Å². The number of carbonyl (C=O) groups is 1. The summed E-state index contributed by atoms with van der Waals surface area (Å²) in [7, 11) is 3.24. The normalized spacial score (nSPS) is 18.6. The van der Waals surface area contributed by atoms with Gasteiger partial charge in [-0.1, -0.05) is 12.1 Å². The maximum absolute atomic E-state index is 14.0. The highest BCUT2D eigenvalue weighted by molar-refractivity contribution is 5.91. The van der Waals surface area contributed by atoms with Gasteiger partial charge >= 0.3 is 0 Å². The van der Waals surface area contributed by atoms with Crippen molar-refractivity contribution >= 4 is 5.91 Å². The monoisotopic (exact) mass is 508 g/mol. The smallest absolute Gasteiger partial charge is 0.294 e.